The first kappa shape index (κ1) is 19.3. The molecule has 0 radical (unpaired) electrons. The molecule has 0 aliphatic heterocycles. The van der Waals surface area contributed by atoms with E-state index in [0.29, 0.717) is 28.5 Å². The largest absolute Gasteiger partial charge is 0.493 e. The van der Waals surface area contributed by atoms with Crippen molar-refractivity contribution in [2.75, 3.05) is 14.2 Å². The van der Waals surface area contributed by atoms with Crippen molar-refractivity contribution in [3.05, 3.63) is 22.7 Å². The van der Waals surface area contributed by atoms with Crippen molar-refractivity contribution in [3.63, 3.8) is 0 Å². The molecule has 0 saturated heterocycles. The van der Waals surface area contributed by atoms with Crippen LogP contribution in [-0.2, 0) is 0 Å². The topological polar surface area (TPSA) is 64.7 Å². The monoisotopic (exact) mass is 323 g/mol. The predicted molar refractivity (Wildman–Crippen MR) is 84.3 cm³/mol. The molecule has 3 N–H and O–H groups in total. The number of halogens is 2. The Labute approximate surface area is 131 Å². The fraction of sp³-hybridized carbons (Fsp3) is 0.571. The van der Waals surface area contributed by atoms with Gasteiger partial charge in [0.05, 0.1) is 31.4 Å². The normalized spacial score (nSPS) is 13.3. The molecule has 0 unspecified atom stereocenters. The predicted octanol–water partition coefficient (Wildman–Crippen LogP) is 3.33. The number of hydrogen-bond acceptors (Lipinski definition) is 4. The molecule has 0 aromatic heterocycles. The number of aliphatic hydroxyl groups is 1. The van der Waals surface area contributed by atoms with Gasteiger partial charge >= 0.3 is 0 Å². The Hall–Kier alpha value is -0.680. The van der Waals surface area contributed by atoms with E-state index < -0.39 is 12.1 Å². The molecular formula is C14H23Cl2NO3. The van der Waals surface area contributed by atoms with Crippen LogP contribution in [-0.4, -0.2) is 25.4 Å². The van der Waals surface area contributed by atoms with Crippen LogP contribution < -0.4 is 15.2 Å². The molecule has 1 aromatic carbocycles. The Bertz CT molecular complexity index is 416. The van der Waals surface area contributed by atoms with Gasteiger partial charge in [0.15, 0.2) is 11.5 Å². The minimum atomic E-state index is -0.615. The van der Waals surface area contributed by atoms with Crippen LogP contribution >= 0.6 is 24.0 Å². The lowest BCUT2D eigenvalue weighted by atomic mass is 9.98. The summed E-state index contributed by atoms with van der Waals surface area (Å²) < 4.78 is 10.4. The number of hydrogen-bond donors (Lipinski definition) is 2. The lowest BCUT2D eigenvalue weighted by Gasteiger charge is -2.21. The van der Waals surface area contributed by atoms with Crippen LogP contribution in [0.25, 0.3) is 0 Å². The Morgan fingerprint density at radius 1 is 1.30 bits per heavy atom. The minimum absolute atomic E-state index is 0. The summed E-state index contributed by atoms with van der Waals surface area (Å²) in [5.74, 6) is 0.992. The third-order valence-electron chi connectivity index (χ3n) is 3.14. The van der Waals surface area contributed by atoms with Gasteiger partial charge in [0.1, 0.15) is 0 Å². The van der Waals surface area contributed by atoms with Crippen molar-refractivity contribution in [3.8, 4) is 11.5 Å². The van der Waals surface area contributed by atoms with E-state index in [9.17, 15) is 5.11 Å². The lowest BCUT2D eigenvalue weighted by Crippen LogP contribution is -2.26. The van der Waals surface area contributed by atoms with Crippen LogP contribution in [0, 0.1) is 0 Å². The number of rotatable bonds is 7. The zero-order valence-electron chi connectivity index (χ0n) is 12.1. The van der Waals surface area contributed by atoms with Gasteiger partial charge in [-0.25, -0.2) is 0 Å². The smallest absolute Gasteiger partial charge is 0.179 e. The van der Waals surface area contributed by atoms with Crippen LogP contribution in [0.2, 0.25) is 5.02 Å². The molecule has 0 aliphatic carbocycles. The van der Waals surface area contributed by atoms with Crippen molar-refractivity contribution < 1.29 is 14.6 Å². The molecule has 0 bridgehead atoms. The van der Waals surface area contributed by atoms with E-state index in [-0.39, 0.29) is 12.4 Å². The minimum Gasteiger partial charge on any atom is -0.493 e. The summed E-state index contributed by atoms with van der Waals surface area (Å²) in [5.41, 5.74) is 6.73. The molecule has 0 spiro atoms. The number of ether oxygens (including phenoxy) is 2. The molecular weight excluding hydrogens is 301 g/mol. The molecule has 0 heterocycles. The fourth-order valence-electron chi connectivity index (χ4n) is 1.96. The molecule has 0 saturated carbocycles. The Kier molecular flexibility index (Phi) is 8.98. The van der Waals surface area contributed by atoms with Crippen LogP contribution in [0.1, 0.15) is 37.8 Å². The van der Waals surface area contributed by atoms with Crippen LogP contribution in [0.3, 0.4) is 0 Å². The summed E-state index contributed by atoms with van der Waals surface area (Å²) in [6.07, 6.45) is 1.99. The number of unbranched alkanes of at least 4 members (excludes halogenated alkanes) is 1. The number of nitrogens with two attached hydrogens (primary N) is 1. The highest BCUT2D eigenvalue weighted by molar-refractivity contribution is 6.33. The summed E-state index contributed by atoms with van der Waals surface area (Å²) in [5, 5.41) is 10.5. The van der Waals surface area contributed by atoms with E-state index in [1.54, 1.807) is 19.2 Å². The fourth-order valence-corrected chi connectivity index (χ4v) is 2.32. The van der Waals surface area contributed by atoms with Crippen LogP contribution in [0.5, 0.6) is 11.5 Å². The van der Waals surface area contributed by atoms with Crippen molar-refractivity contribution >= 4 is 24.0 Å². The van der Waals surface area contributed by atoms with Crippen molar-refractivity contribution in [1.29, 1.82) is 0 Å². The Morgan fingerprint density at radius 3 is 2.45 bits per heavy atom. The van der Waals surface area contributed by atoms with Gasteiger partial charge in [-0.1, -0.05) is 37.4 Å². The second-order valence-corrected chi connectivity index (χ2v) is 4.82. The van der Waals surface area contributed by atoms with E-state index in [1.165, 1.54) is 7.11 Å². The van der Waals surface area contributed by atoms with Gasteiger partial charge in [0, 0.05) is 0 Å². The highest BCUT2D eigenvalue weighted by atomic mass is 35.5. The number of methoxy groups -OCH3 is 2. The highest BCUT2D eigenvalue weighted by Crippen LogP contribution is 2.39. The Balaban J connectivity index is 0.00000361. The maximum Gasteiger partial charge on any atom is 0.179 e. The third-order valence-corrected chi connectivity index (χ3v) is 3.53. The van der Waals surface area contributed by atoms with E-state index >= 15 is 0 Å². The van der Waals surface area contributed by atoms with E-state index in [1.807, 2.05) is 0 Å². The number of aliphatic hydroxyl groups excluding tert-OH is 1. The summed E-state index contributed by atoms with van der Waals surface area (Å²) in [7, 11) is 3.07. The number of benzene rings is 1. The first-order valence-electron chi connectivity index (χ1n) is 6.40. The molecule has 0 amide bonds. The summed E-state index contributed by atoms with van der Waals surface area (Å²) in [4.78, 5) is 0. The molecule has 2 atom stereocenters. The molecule has 116 valence electrons. The van der Waals surface area contributed by atoms with E-state index in [4.69, 9.17) is 26.8 Å². The lowest BCUT2D eigenvalue weighted by molar-refractivity contribution is 0.132. The zero-order chi connectivity index (χ0) is 14.4. The van der Waals surface area contributed by atoms with Gasteiger partial charge in [0.25, 0.3) is 0 Å². The first-order valence-corrected chi connectivity index (χ1v) is 6.78. The molecule has 1 aromatic rings. The van der Waals surface area contributed by atoms with Gasteiger partial charge in [-0.05, 0) is 18.1 Å². The van der Waals surface area contributed by atoms with Gasteiger partial charge in [-0.3, -0.25) is 0 Å². The van der Waals surface area contributed by atoms with Crippen molar-refractivity contribution in [1.82, 2.24) is 0 Å². The zero-order valence-corrected chi connectivity index (χ0v) is 13.6. The summed E-state index contributed by atoms with van der Waals surface area (Å²) in [6.45, 7) is 2.07. The average Bonchev–Trinajstić information content (AvgIpc) is 2.43. The molecule has 1 rings (SSSR count). The highest BCUT2D eigenvalue weighted by Gasteiger charge is 2.22. The van der Waals surface area contributed by atoms with Gasteiger partial charge < -0.3 is 20.3 Å². The van der Waals surface area contributed by atoms with Gasteiger partial charge in [0.2, 0.25) is 0 Å². The van der Waals surface area contributed by atoms with Crippen LogP contribution in [0.15, 0.2) is 12.1 Å². The second kappa shape index (κ2) is 9.29. The van der Waals surface area contributed by atoms with E-state index in [0.717, 1.165) is 12.8 Å². The van der Waals surface area contributed by atoms with Gasteiger partial charge in [-0.2, -0.15) is 0 Å². The second-order valence-electron chi connectivity index (χ2n) is 4.44. The first-order chi connectivity index (χ1) is 9.06. The summed E-state index contributed by atoms with van der Waals surface area (Å²) >= 11 is 6.27. The third kappa shape index (κ3) is 4.42. The molecule has 4 nitrogen and oxygen atoms in total. The molecule has 20 heavy (non-hydrogen) atoms. The maximum absolute atomic E-state index is 10.1. The Morgan fingerprint density at radius 2 is 1.95 bits per heavy atom. The SMILES string of the molecule is CCCC[C@@H](O)[C@@H](N)c1ccc(OC)c(OC)c1Cl.Cl. The van der Waals surface area contributed by atoms with Crippen LogP contribution in [0.4, 0.5) is 0 Å². The standard InChI is InChI=1S/C14H22ClNO3.ClH/c1-4-5-6-10(17)13(16)9-7-8-11(18-2)14(19-3)12(9)15;/h7-8,10,13,17H,4-6,16H2,1-3H3;1H/t10-,13+;/m1./s1. The molecule has 6 heteroatoms. The molecule has 0 aliphatic rings. The van der Waals surface area contributed by atoms with Crippen molar-refractivity contribution in [2.45, 2.75) is 38.3 Å². The summed E-state index contributed by atoms with van der Waals surface area (Å²) in [6, 6.07) is 2.98. The van der Waals surface area contributed by atoms with E-state index in [2.05, 4.69) is 6.92 Å². The maximum atomic E-state index is 10.1. The average molecular weight is 324 g/mol. The van der Waals surface area contributed by atoms with Crippen molar-refractivity contribution in [2.24, 2.45) is 5.73 Å². The molecule has 0 fully saturated rings. The van der Waals surface area contributed by atoms with Gasteiger partial charge in [-0.15, -0.1) is 12.4 Å². The quantitative estimate of drug-likeness (QED) is 0.807.